The van der Waals surface area contributed by atoms with Crippen LogP contribution in [0.1, 0.15) is 44.1 Å². The van der Waals surface area contributed by atoms with Crippen molar-refractivity contribution in [2.45, 2.75) is 45.1 Å². The van der Waals surface area contributed by atoms with Crippen molar-refractivity contribution in [3.05, 3.63) is 47.0 Å². The zero-order chi connectivity index (χ0) is 14.2. The molecule has 0 heterocycles. The number of hydrogen-bond donors (Lipinski definition) is 1. The van der Waals surface area contributed by atoms with E-state index in [1.165, 1.54) is 12.8 Å². The summed E-state index contributed by atoms with van der Waals surface area (Å²) in [6, 6.07) is 11.9. The molecule has 1 N–H and O–H groups in total. The Balaban J connectivity index is 2.02. The minimum absolute atomic E-state index is 0.228. The van der Waals surface area contributed by atoms with Gasteiger partial charge in [0.1, 0.15) is 11.6 Å². The van der Waals surface area contributed by atoms with Gasteiger partial charge in [-0.05, 0) is 36.8 Å². The first-order valence-corrected chi connectivity index (χ1v) is 7.25. The Hall–Kier alpha value is -2.08. The number of nitrogens with zero attached hydrogens (tertiary/aromatic N) is 1. The summed E-state index contributed by atoms with van der Waals surface area (Å²) in [5.41, 5.74) is 2.42. The monoisotopic (exact) mass is 268 g/mol. The first-order chi connectivity index (χ1) is 9.81. The summed E-state index contributed by atoms with van der Waals surface area (Å²) in [5, 5.41) is 12.1. The molecule has 1 aliphatic rings. The van der Waals surface area contributed by atoms with Crippen LogP contribution in [0, 0.1) is 11.3 Å². The van der Waals surface area contributed by atoms with Crippen molar-refractivity contribution in [2.24, 2.45) is 0 Å². The van der Waals surface area contributed by atoms with Gasteiger partial charge in [-0.15, -0.1) is 0 Å². The van der Waals surface area contributed by atoms with E-state index in [0.717, 1.165) is 36.8 Å². The lowest BCUT2D eigenvalue weighted by Crippen LogP contribution is -2.25. The minimum atomic E-state index is -0.228. The van der Waals surface area contributed by atoms with E-state index in [0.29, 0.717) is 12.1 Å². The van der Waals surface area contributed by atoms with E-state index in [-0.39, 0.29) is 5.91 Å². The van der Waals surface area contributed by atoms with Gasteiger partial charge in [0.25, 0.3) is 5.91 Å². The van der Waals surface area contributed by atoms with Gasteiger partial charge in [-0.3, -0.25) is 4.79 Å². The van der Waals surface area contributed by atoms with Gasteiger partial charge in [0.15, 0.2) is 0 Å². The number of allylic oxidation sites excluding steroid dienone is 1. The number of rotatable bonds is 3. The van der Waals surface area contributed by atoms with Crippen LogP contribution in [0.5, 0.6) is 0 Å². The molecule has 0 aliphatic heterocycles. The van der Waals surface area contributed by atoms with Crippen LogP contribution in [0.3, 0.4) is 0 Å². The molecule has 20 heavy (non-hydrogen) atoms. The van der Waals surface area contributed by atoms with E-state index < -0.39 is 0 Å². The number of nitrogens with one attached hydrogen (secondary N) is 1. The van der Waals surface area contributed by atoms with E-state index in [9.17, 15) is 10.1 Å². The summed E-state index contributed by atoms with van der Waals surface area (Å²) >= 11 is 0. The standard InChI is InChI=1S/C17H20N2O/c18-12-16(15-10-6-1-2-7-11-15)17(20)19-13-14-8-4-3-5-9-14/h3-5,8-9H,1-2,6-7,10-11,13H2,(H,19,20). The fraction of sp³-hybridized carbons (Fsp3) is 0.412. The van der Waals surface area contributed by atoms with Crippen molar-refractivity contribution in [1.29, 1.82) is 5.26 Å². The fourth-order valence-corrected chi connectivity index (χ4v) is 2.56. The molecule has 3 nitrogen and oxygen atoms in total. The summed E-state index contributed by atoms with van der Waals surface area (Å²) in [5.74, 6) is -0.228. The van der Waals surface area contributed by atoms with E-state index >= 15 is 0 Å². The molecule has 1 aromatic rings. The fourth-order valence-electron chi connectivity index (χ4n) is 2.56. The maximum absolute atomic E-state index is 12.2. The molecule has 0 atom stereocenters. The average Bonchev–Trinajstić information content (AvgIpc) is 2.76. The lowest BCUT2D eigenvalue weighted by molar-refractivity contribution is -0.117. The molecule has 0 spiro atoms. The molecular weight excluding hydrogens is 248 g/mol. The quantitative estimate of drug-likeness (QED) is 0.518. The highest BCUT2D eigenvalue weighted by atomic mass is 16.1. The number of amides is 1. The number of carbonyl (C=O) groups is 1. The van der Waals surface area contributed by atoms with Gasteiger partial charge < -0.3 is 5.32 Å². The van der Waals surface area contributed by atoms with Crippen LogP contribution in [0.4, 0.5) is 0 Å². The van der Waals surface area contributed by atoms with Crippen LogP contribution in [-0.4, -0.2) is 5.91 Å². The van der Waals surface area contributed by atoms with E-state index in [4.69, 9.17) is 0 Å². The number of hydrogen-bond acceptors (Lipinski definition) is 2. The molecule has 104 valence electrons. The number of benzene rings is 1. The Morgan fingerprint density at radius 1 is 1.10 bits per heavy atom. The molecule has 3 heteroatoms. The summed E-state index contributed by atoms with van der Waals surface area (Å²) in [6.07, 6.45) is 6.37. The first-order valence-electron chi connectivity index (χ1n) is 7.25. The molecule has 0 radical (unpaired) electrons. The maximum Gasteiger partial charge on any atom is 0.262 e. The molecule has 0 saturated heterocycles. The third-order valence-corrected chi connectivity index (χ3v) is 3.70. The van der Waals surface area contributed by atoms with Crippen molar-refractivity contribution in [3.63, 3.8) is 0 Å². The Labute approximate surface area is 120 Å². The van der Waals surface area contributed by atoms with Crippen LogP contribution in [0.15, 0.2) is 41.5 Å². The van der Waals surface area contributed by atoms with E-state index in [2.05, 4.69) is 11.4 Å². The molecule has 2 rings (SSSR count). The summed E-state index contributed by atoms with van der Waals surface area (Å²) in [4.78, 5) is 12.2. The molecule has 1 saturated carbocycles. The van der Waals surface area contributed by atoms with Crippen molar-refractivity contribution in [2.75, 3.05) is 0 Å². The Kier molecular flexibility index (Phi) is 5.37. The van der Waals surface area contributed by atoms with Gasteiger partial charge in [-0.2, -0.15) is 5.26 Å². The Morgan fingerprint density at radius 3 is 2.35 bits per heavy atom. The van der Waals surface area contributed by atoms with Gasteiger partial charge in [-0.1, -0.05) is 43.2 Å². The molecule has 0 aromatic heterocycles. The molecule has 0 bridgehead atoms. The van der Waals surface area contributed by atoms with Crippen LogP contribution in [0.2, 0.25) is 0 Å². The highest BCUT2D eigenvalue weighted by Gasteiger charge is 2.16. The van der Waals surface area contributed by atoms with Crippen molar-refractivity contribution in [3.8, 4) is 6.07 Å². The topological polar surface area (TPSA) is 52.9 Å². The second-order valence-electron chi connectivity index (χ2n) is 5.17. The molecule has 1 fully saturated rings. The largest absolute Gasteiger partial charge is 0.347 e. The highest BCUT2D eigenvalue weighted by molar-refractivity contribution is 5.98. The third-order valence-electron chi connectivity index (χ3n) is 3.70. The highest BCUT2D eigenvalue weighted by Crippen LogP contribution is 2.24. The zero-order valence-electron chi connectivity index (χ0n) is 11.7. The van der Waals surface area contributed by atoms with Gasteiger partial charge >= 0.3 is 0 Å². The minimum Gasteiger partial charge on any atom is -0.347 e. The molecule has 1 amide bonds. The molecular formula is C17H20N2O. The molecule has 0 unspecified atom stereocenters. The lowest BCUT2D eigenvalue weighted by Gasteiger charge is -2.08. The van der Waals surface area contributed by atoms with Gasteiger partial charge in [0.2, 0.25) is 0 Å². The number of nitriles is 1. The Bertz CT molecular complexity index is 516. The first kappa shape index (κ1) is 14.3. The maximum atomic E-state index is 12.2. The second-order valence-corrected chi connectivity index (χ2v) is 5.17. The van der Waals surface area contributed by atoms with E-state index in [1.54, 1.807) is 0 Å². The average molecular weight is 268 g/mol. The second kappa shape index (κ2) is 7.49. The predicted molar refractivity (Wildman–Crippen MR) is 78.6 cm³/mol. The predicted octanol–water partition coefficient (Wildman–Crippen LogP) is 3.48. The molecule has 1 aliphatic carbocycles. The van der Waals surface area contributed by atoms with Gasteiger partial charge in [0.05, 0.1) is 0 Å². The van der Waals surface area contributed by atoms with Crippen molar-refractivity contribution < 1.29 is 4.79 Å². The van der Waals surface area contributed by atoms with Crippen LogP contribution in [-0.2, 0) is 11.3 Å². The summed E-state index contributed by atoms with van der Waals surface area (Å²) in [6.45, 7) is 0.470. The normalized spacial score (nSPS) is 15.1. The molecule has 1 aromatic carbocycles. The SMILES string of the molecule is N#CC(C(=O)NCc1ccccc1)=C1CCCCCC1. The van der Waals surface area contributed by atoms with Gasteiger partial charge in [0, 0.05) is 6.54 Å². The van der Waals surface area contributed by atoms with Crippen LogP contribution < -0.4 is 5.32 Å². The third kappa shape index (κ3) is 3.96. The number of carbonyl (C=O) groups excluding carboxylic acids is 1. The summed E-state index contributed by atoms with van der Waals surface area (Å²) < 4.78 is 0. The zero-order valence-corrected chi connectivity index (χ0v) is 11.7. The van der Waals surface area contributed by atoms with Crippen LogP contribution >= 0.6 is 0 Å². The van der Waals surface area contributed by atoms with Crippen LogP contribution in [0.25, 0.3) is 0 Å². The smallest absolute Gasteiger partial charge is 0.262 e. The van der Waals surface area contributed by atoms with Gasteiger partial charge in [-0.25, -0.2) is 0 Å². The lowest BCUT2D eigenvalue weighted by atomic mass is 10.0. The summed E-state index contributed by atoms with van der Waals surface area (Å²) in [7, 11) is 0. The van der Waals surface area contributed by atoms with Crippen molar-refractivity contribution >= 4 is 5.91 Å². The van der Waals surface area contributed by atoms with E-state index in [1.807, 2.05) is 30.3 Å². The Morgan fingerprint density at radius 2 is 1.75 bits per heavy atom. The van der Waals surface area contributed by atoms with Crippen molar-refractivity contribution in [1.82, 2.24) is 5.32 Å².